The highest BCUT2D eigenvalue weighted by Gasteiger charge is 2.48. The number of fused-ring (bicyclic) bond motifs is 1. The normalized spacial score (nSPS) is 24.1. The molecule has 1 atom stereocenters. The monoisotopic (exact) mass is 872 g/mol. The minimum Gasteiger partial charge on any atom is -0.490 e. The number of nitriles is 1. The summed E-state index contributed by atoms with van der Waals surface area (Å²) in [6, 6.07) is 6.87. The van der Waals surface area contributed by atoms with Gasteiger partial charge in [-0.05, 0) is 82.9 Å². The Morgan fingerprint density at radius 2 is 1.73 bits per heavy atom. The summed E-state index contributed by atoms with van der Waals surface area (Å²) in [5, 5.41) is 14.6. The molecule has 4 heterocycles. The minimum atomic E-state index is -1.30. The lowest BCUT2D eigenvalue weighted by Gasteiger charge is -2.46. The highest BCUT2D eigenvalue weighted by molar-refractivity contribution is 6.31. The molecule has 2 aliphatic carbocycles. The van der Waals surface area contributed by atoms with Gasteiger partial charge in [-0.3, -0.25) is 39.1 Å². The van der Waals surface area contributed by atoms with Crippen molar-refractivity contribution in [1.29, 1.82) is 5.26 Å². The van der Waals surface area contributed by atoms with Gasteiger partial charge in [-0.25, -0.2) is 18.7 Å². The molecular formula is C44H47ClF2N8O7. The second-order valence-electron chi connectivity index (χ2n) is 17.0. The number of benzene rings is 2. The molecule has 4 fully saturated rings. The van der Waals surface area contributed by atoms with E-state index in [2.05, 4.69) is 44.2 Å². The number of carbonyl (C=O) groups excluding carboxylic acids is 5. The SMILES string of the molecule is CC(C)N(CC1CCN(c2cnc(C(=O)NC3CCC(Oc4ccc(C#N)c(Cl)c4)CC3)cn2)CC1)C1CC(Oc2c(F)cc3c(c2F)C(=O)N(C2CCC(=O)NC2=O)C3=O)C1. The van der Waals surface area contributed by atoms with Crippen LogP contribution in [0.25, 0.3) is 0 Å². The van der Waals surface area contributed by atoms with Crippen LogP contribution in [-0.2, 0) is 9.59 Å². The van der Waals surface area contributed by atoms with E-state index in [1.54, 1.807) is 24.4 Å². The molecule has 1 unspecified atom stereocenters. The number of aromatic nitrogens is 2. The maximum absolute atomic E-state index is 15.8. The third-order valence-corrected chi connectivity index (χ3v) is 13.0. The molecule has 2 saturated carbocycles. The van der Waals surface area contributed by atoms with Gasteiger partial charge in [-0.15, -0.1) is 0 Å². The van der Waals surface area contributed by atoms with Gasteiger partial charge in [0.2, 0.25) is 11.8 Å². The van der Waals surface area contributed by atoms with Gasteiger partial charge in [-0.1, -0.05) is 11.6 Å². The average Bonchev–Trinajstić information content (AvgIpc) is 3.48. The molecule has 326 valence electrons. The molecule has 2 aromatic carbocycles. The maximum Gasteiger partial charge on any atom is 0.271 e. The molecule has 0 bridgehead atoms. The fraction of sp³-hybridized carbons (Fsp3) is 0.500. The Kier molecular flexibility index (Phi) is 12.4. The van der Waals surface area contributed by atoms with Crippen LogP contribution in [0, 0.1) is 28.9 Å². The molecule has 3 aliphatic heterocycles. The lowest BCUT2D eigenvalue weighted by molar-refractivity contribution is -0.136. The molecule has 0 radical (unpaired) electrons. The second kappa shape index (κ2) is 17.9. The van der Waals surface area contributed by atoms with Crippen molar-refractivity contribution >= 4 is 47.0 Å². The number of amides is 5. The average molecular weight is 873 g/mol. The zero-order chi connectivity index (χ0) is 43.8. The van der Waals surface area contributed by atoms with Gasteiger partial charge in [0.1, 0.15) is 35.5 Å². The van der Waals surface area contributed by atoms with Gasteiger partial charge in [-0.2, -0.15) is 5.26 Å². The Bertz CT molecular complexity index is 2300. The van der Waals surface area contributed by atoms with Crippen LogP contribution in [0.4, 0.5) is 14.6 Å². The molecule has 0 spiro atoms. The van der Waals surface area contributed by atoms with Crippen LogP contribution >= 0.6 is 11.6 Å². The third kappa shape index (κ3) is 8.80. The van der Waals surface area contributed by atoms with Crippen molar-refractivity contribution < 1.29 is 42.2 Å². The number of nitrogens with zero attached hydrogens (tertiary/aromatic N) is 6. The number of nitrogens with one attached hydrogen (secondary N) is 2. The Hall–Kier alpha value is -5.73. The highest BCUT2D eigenvalue weighted by Crippen LogP contribution is 2.39. The summed E-state index contributed by atoms with van der Waals surface area (Å²) in [6.07, 6.45) is 8.33. The fourth-order valence-electron chi connectivity index (χ4n) is 9.18. The topological polar surface area (TPSA) is 187 Å². The number of rotatable bonds is 12. The molecule has 8 rings (SSSR count). The van der Waals surface area contributed by atoms with E-state index in [1.807, 2.05) is 6.07 Å². The standard InChI is InChI=1S/C44H47ClF2N8O7/c1-23(2)54(27-15-30(16-27)62-40-33(46)18-31-38(39(40)47)44(60)55(43(31)59)35-9-10-37(56)52-42(35)58)22-24-11-13-53(14-12-24)36-21-49-34(20-50-36)41(57)51-26-4-7-28(8-5-26)61-29-6-3-25(19-48)32(45)17-29/h3,6,17-18,20-21,23-24,26-28,30,35H,4-5,7-16,22H2,1-2H3,(H,51,57)(H,52,56,58). The Morgan fingerprint density at radius 1 is 0.984 bits per heavy atom. The molecule has 15 nitrogen and oxygen atoms in total. The number of anilines is 1. The first kappa shape index (κ1) is 42.9. The molecule has 18 heteroatoms. The van der Waals surface area contributed by atoms with Crippen LogP contribution in [0.1, 0.15) is 115 Å². The van der Waals surface area contributed by atoms with E-state index in [1.165, 1.54) is 6.20 Å². The van der Waals surface area contributed by atoms with Gasteiger partial charge in [0.15, 0.2) is 17.4 Å². The smallest absolute Gasteiger partial charge is 0.271 e. The first-order chi connectivity index (χ1) is 29.8. The largest absolute Gasteiger partial charge is 0.490 e. The van der Waals surface area contributed by atoms with Gasteiger partial charge < -0.3 is 19.7 Å². The van der Waals surface area contributed by atoms with Crippen molar-refractivity contribution in [1.82, 2.24) is 30.4 Å². The van der Waals surface area contributed by atoms with Gasteiger partial charge in [0, 0.05) is 63.1 Å². The fourth-order valence-corrected chi connectivity index (χ4v) is 9.39. The number of hydrogen-bond acceptors (Lipinski definition) is 12. The zero-order valence-electron chi connectivity index (χ0n) is 34.4. The van der Waals surface area contributed by atoms with Gasteiger partial charge >= 0.3 is 0 Å². The molecular weight excluding hydrogens is 826 g/mol. The summed E-state index contributed by atoms with van der Waals surface area (Å²) in [6.45, 7) is 6.60. The highest BCUT2D eigenvalue weighted by atomic mass is 35.5. The number of carbonyl (C=O) groups is 5. The van der Waals surface area contributed by atoms with E-state index in [4.69, 9.17) is 26.3 Å². The first-order valence-corrected chi connectivity index (χ1v) is 21.6. The Morgan fingerprint density at radius 3 is 2.37 bits per heavy atom. The summed E-state index contributed by atoms with van der Waals surface area (Å²) >= 11 is 6.14. The molecule has 1 aromatic heterocycles. The summed E-state index contributed by atoms with van der Waals surface area (Å²) in [5.74, 6) is -5.10. The number of halogens is 3. The van der Waals surface area contributed by atoms with E-state index in [9.17, 15) is 24.0 Å². The summed E-state index contributed by atoms with van der Waals surface area (Å²) in [4.78, 5) is 77.5. The van der Waals surface area contributed by atoms with Crippen molar-refractivity contribution in [3.8, 4) is 17.6 Å². The lowest BCUT2D eigenvalue weighted by Crippen LogP contribution is -2.54. The maximum atomic E-state index is 15.8. The van der Waals surface area contributed by atoms with Crippen LogP contribution in [0.3, 0.4) is 0 Å². The van der Waals surface area contributed by atoms with Crippen LogP contribution in [0.2, 0.25) is 5.02 Å². The van der Waals surface area contributed by atoms with E-state index in [0.717, 1.165) is 64.2 Å². The van der Waals surface area contributed by atoms with Crippen LogP contribution in [-0.4, -0.2) is 105 Å². The number of hydrogen-bond donors (Lipinski definition) is 2. The van der Waals surface area contributed by atoms with Crippen LogP contribution in [0.5, 0.6) is 11.5 Å². The quantitative estimate of drug-likeness (QED) is 0.223. The lowest BCUT2D eigenvalue weighted by atomic mass is 9.85. The van der Waals surface area contributed by atoms with Crippen molar-refractivity contribution in [2.75, 3.05) is 24.5 Å². The zero-order valence-corrected chi connectivity index (χ0v) is 35.1. The molecule has 2 saturated heterocycles. The summed E-state index contributed by atoms with van der Waals surface area (Å²) < 4.78 is 42.9. The molecule has 5 amide bonds. The van der Waals surface area contributed by atoms with E-state index >= 15 is 8.78 Å². The number of ether oxygens (including phenoxy) is 2. The first-order valence-electron chi connectivity index (χ1n) is 21.2. The predicted octanol–water partition coefficient (Wildman–Crippen LogP) is 5.34. The molecule has 3 aromatic rings. The second-order valence-corrected chi connectivity index (χ2v) is 17.4. The van der Waals surface area contributed by atoms with E-state index < -0.39 is 64.3 Å². The van der Waals surface area contributed by atoms with Gasteiger partial charge in [0.05, 0.1) is 40.2 Å². The minimum absolute atomic E-state index is 0.00601. The molecule has 5 aliphatic rings. The molecule has 62 heavy (non-hydrogen) atoms. The van der Waals surface area contributed by atoms with Crippen LogP contribution < -0.4 is 25.0 Å². The van der Waals surface area contributed by atoms with Crippen molar-refractivity contribution in [2.24, 2.45) is 5.92 Å². The molecule has 2 N–H and O–H groups in total. The third-order valence-electron chi connectivity index (χ3n) is 12.7. The van der Waals surface area contributed by atoms with Crippen molar-refractivity contribution in [3.05, 3.63) is 75.7 Å². The van der Waals surface area contributed by atoms with Crippen molar-refractivity contribution in [3.63, 3.8) is 0 Å². The summed E-state index contributed by atoms with van der Waals surface area (Å²) in [7, 11) is 0. The summed E-state index contributed by atoms with van der Waals surface area (Å²) in [5.41, 5.74) is -0.468. The van der Waals surface area contributed by atoms with Crippen LogP contribution in [0.15, 0.2) is 36.7 Å². The van der Waals surface area contributed by atoms with Gasteiger partial charge in [0.25, 0.3) is 17.7 Å². The van der Waals surface area contributed by atoms with E-state index in [-0.39, 0.29) is 48.7 Å². The number of imide groups is 2. The predicted molar refractivity (Wildman–Crippen MR) is 220 cm³/mol. The Labute approximate surface area is 362 Å². The number of piperidine rings is 2. The van der Waals surface area contributed by atoms with Crippen molar-refractivity contribution in [2.45, 2.75) is 114 Å². The Balaban J connectivity index is 0.782. The van der Waals surface area contributed by atoms with E-state index in [0.29, 0.717) is 45.8 Å².